The van der Waals surface area contributed by atoms with Crippen LogP contribution in [0.15, 0.2) is 18.2 Å². The quantitative estimate of drug-likeness (QED) is 0.617. The van der Waals surface area contributed by atoms with Gasteiger partial charge in [0.15, 0.2) is 5.82 Å². The van der Waals surface area contributed by atoms with E-state index in [9.17, 15) is 23.2 Å². The molecule has 1 aromatic carbocycles. The fourth-order valence-electron chi connectivity index (χ4n) is 5.54. The number of amides is 1. The minimum atomic E-state index is -4.16. The number of benzene rings is 1. The van der Waals surface area contributed by atoms with Crippen molar-refractivity contribution in [3.63, 3.8) is 0 Å². The Morgan fingerprint density at radius 1 is 1.11 bits per heavy atom. The first-order chi connectivity index (χ1) is 17.2. The molecule has 190 valence electrons. The summed E-state index contributed by atoms with van der Waals surface area (Å²) in [5, 5.41) is 18.8. The highest BCUT2D eigenvalue weighted by molar-refractivity contribution is 6.30. The molecule has 0 unspecified atom stereocenters. The minimum Gasteiger partial charge on any atom is -0.338 e. The molecule has 1 aromatic heterocycles. The standard InChI is InChI=1S/C24H25ClF3N7O/c25-17-1-2-19-15(9-17)12-34(18-10-16(11-18)24(26,27)28)13-20-30-31-22(35(19)20)33-7-5-32(6-8-33)21(36)23(14-29)3-4-23/h1-2,9,16,18H,3-8,10-13H2. The third kappa shape index (κ3) is 3.91. The zero-order valence-electron chi connectivity index (χ0n) is 19.5. The van der Waals surface area contributed by atoms with E-state index in [0.717, 1.165) is 11.3 Å². The fraction of sp³-hybridized carbons (Fsp3) is 0.583. The molecule has 0 atom stereocenters. The van der Waals surface area contributed by atoms with Crippen LogP contribution in [0.1, 0.15) is 37.1 Å². The smallest absolute Gasteiger partial charge is 0.338 e. The van der Waals surface area contributed by atoms with Gasteiger partial charge in [-0.25, -0.2) is 0 Å². The Balaban J connectivity index is 1.25. The van der Waals surface area contributed by atoms with Crippen molar-refractivity contribution in [2.45, 2.75) is 51.0 Å². The predicted molar refractivity (Wildman–Crippen MR) is 124 cm³/mol. The van der Waals surface area contributed by atoms with Gasteiger partial charge >= 0.3 is 6.18 Å². The van der Waals surface area contributed by atoms with Crippen molar-refractivity contribution in [3.05, 3.63) is 34.6 Å². The van der Waals surface area contributed by atoms with E-state index < -0.39 is 17.5 Å². The van der Waals surface area contributed by atoms with Crippen LogP contribution in [0, 0.1) is 22.7 Å². The molecule has 0 bridgehead atoms. The zero-order valence-corrected chi connectivity index (χ0v) is 20.3. The van der Waals surface area contributed by atoms with E-state index in [1.54, 1.807) is 11.0 Å². The molecule has 0 spiro atoms. The lowest BCUT2D eigenvalue weighted by Gasteiger charge is -2.43. The molecule has 1 amide bonds. The van der Waals surface area contributed by atoms with Crippen LogP contribution >= 0.6 is 11.6 Å². The lowest BCUT2D eigenvalue weighted by molar-refractivity contribution is -0.207. The number of piperazine rings is 1. The Morgan fingerprint density at radius 3 is 2.47 bits per heavy atom. The number of carbonyl (C=O) groups excluding carboxylic acids is 1. The molecule has 12 heteroatoms. The van der Waals surface area contributed by atoms with Crippen LogP contribution in [-0.4, -0.2) is 68.9 Å². The van der Waals surface area contributed by atoms with E-state index in [4.69, 9.17) is 11.6 Å². The summed E-state index contributed by atoms with van der Waals surface area (Å²) in [4.78, 5) is 18.6. The number of aromatic nitrogens is 3. The van der Waals surface area contributed by atoms with Crippen molar-refractivity contribution in [1.29, 1.82) is 5.26 Å². The Bertz CT molecular complexity index is 1240. The third-order valence-electron chi connectivity index (χ3n) is 8.03. The second kappa shape index (κ2) is 8.35. The summed E-state index contributed by atoms with van der Waals surface area (Å²) >= 11 is 6.30. The van der Waals surface area contributed by atoms with Crippen LogP contribution in [0.4, 0.5) is 19.1 Å². The first-order valence-corrected chi connectivity index (χ1v) is 12.6. The second-order valence-electron chi connectivity index (χ2n) is 10.3. The molecule has 2 aromatic rings. The number of rotatable bonds is 3. The fourth-order valence-corrected chi connectivity index (χ4v) is 5.73. The summed E-state index contributed by atoms with van der Waals surface area (Å²) < 4.78 is 41.3. The van der Waals surface area contributed by atoms with Crippen LogP contribution < -0.4 is 4.90 Å². The molecular formula is C24H25ClF3N7O. The summed E-state index contributed by atoms with van der Waals surface area (Å²) in [5.74, 6) is -0.0296. The molecule has 2 aliphatic carbocycles. The highest BCUT2D eigenvalue weighted by atomic mass is 35.5. The molecule has 8 nitrogen and oxygen atoms in total. The number of carbonyl (C=O) groups is 1. The number of fused-ring (bicyclic) bond motifs is 3. The van der Waals surface area contributed by atoms with E-state index in [2.05, 4.69) is 21.2 Å². The maximum Gasteiger partial charge on any atom is 0.391 e. The van der Waals surface area contributed by atoms with Crippen molar-refractivity contribution in [2.75, 3.05) is 31.1 Å². The largest absolute Gasteiger partial charge is 0.391 e. The van der Waals surface area contributed by atoms with Crippen molar-refractivity contribution in [3.8, 4) is 11.8 Å². The predicted octanol–water partition coefficient (Wildman–Crippen LogP) is 3.53. The molecule has 36 heavy (non-hydrogen) atoms. The summed E-state index contributed by atoms with van der Waals surface area (Å²) in [6.45, 7) is 2.95. The first kappa shape index (κ1) is 23.6. The van der Waals surface area contributed by atoms with Gasteiger partial charge in [-0.1, -0.05) is 11.6 Å². The summed E-state index contributed by atoms with van der Waals surface area (Å²) in [7, 11) is 0. The Hall–Kier alpha value is -2.84. The van der Waals surface area contributed by atoms with Crippen molar-refractivity contribution >= 4 is 23.5 Å². The van der Waals surface area contributed by atoms with Crippen LogP contribution in [0.3, 0.4) is 0 Å². The number of hydrogen-bond donors (Lipinski definition) is 0. The summed E-state index contributed by atoms with van der Waals surface area (Å²) in [6.07, 6.45) is -2.74. The molecule has 3 heterocycles. The van der Waals surface area contributed by atoms with E-state index >= 15 is 0 Å². The van der Waals surface area contributed by atoms with Crippen molar-refractivity contribution < 1.29 is 18.0 Å². The molecule has 0 N–H and O–H groups in total. The maximum atomic E-state index is 13.1. The number of alkyl halides is 3. The monoisotopic (exact) mass is 519 g/mol. The Kier molecular flexibility index (Phi) is 5.46. The van der Waals surface area contributed by atoms with E-state index in [1.165, 1.54) is 0 Å². The molecule has 3 fully saturated rings. The van der Waals surface area contributed by atoms with Gasteiger partial charge in [-0.15, -0.1) is 10.2 Å². The first-order valence-electron chi connectivity index (χ1n) is 12.2. The molecular weight excluding hydrogens is 495 g/mol. The van der Waals surface area contributed by atoms with Gasteiger partial charge < -0.3 is 9.80 Å². The lowest BCUT2D eigenvalue weighted by atomic mass is 9.78. The number of anilines is 1. The average Bonchev–Trinajstić information content (AvgIpc) is 3.54. The van der Waals surface area contributed by atoms with Gasteiger partial charge in [0, 0.05) is 43.8 Å². The highest BCUT2D eigenvalue weighted by Crippen LogP contribution is 2.47. The Morgan fingerprint density at radius 2 is 1.83 bits per heavy atom. The van der Waals surface area contributed by atoms with Gasteiger partial charge in [-0.3, -0.25) is 14.3 Å². The van der Waals surface area contributed by atoms with Gasteiger partial charge in [-0.2, -0.15) is 18.4 Å². The highest BCUT2D eigenvalue weighted by Gasteiger charge is 2.53. The average molecular weight is 520 g/mol. The summed E-state index contributed by atoms with van der Waals surface area (Å²) in [5.41, 5.74) is 0.947. The molecule has 4 aliphatic rings. The van der Waals surface area contributed by atoms with Gasteiger partial charge in [-0.05, 0) is 49.4 Å². The van der Waals surface area contributed by atoms with Crippen LogP contribution in [0.5, 0.6) is 0 Å². The topological polar surface area (TPSA) is 81.3 Å². The Labute approximate surface area is 211 Å². The van der Waals surface area contributed by atoms with Gasteiger partial charge in [0.2, 0.25) is 11.9 Å². The van der Waals surface area contributed by atoms with Gasteiger partial charge in [0.05, 0.1) is 24.2 Å². The SMILES string of the molecule is N#CC1(C(=O)N2CCN(c3nnc4n3-c3ccc(Cl)cc3CN(C3CC(C(F)(F)F)C3)C4)CC2)CC1. The summed E-state index contributed by atoms with van der Waals surface area (Å²) in [6, 6.07) is 7.55. The van der Waals surface area contributed by atoms with Crippen LogP contribution in [0.2, 0.25) is 5.02 Å². The van der Waals surface area contributed by atoms with Crippen molar-refractivity contribution in [1.82, 2.24) is 24.6 Å². The number of halogens is 4. The number of nitriles is 1. The van der Waals surface area contributed by atoms with Crippen LogP contribution in [0.25, 0.3) is 5.69 Å². The second-order valence-corrected chi connectivity index (χ2v) is 10.7. The van der Waals surface area contributed by atoms with Gasteiger partial charge in [0.1, 0.15) is 5.41 Å². The molecule has 1 saturated heterocycles. The maximum absolute atomic E-state index is 13.1. The molecule has 6 rings (SSSR count). The number of nitrogens with zero attached hydrogens (tertiary/aromatic N) is 7. The van der Waals surface area contributed by atoms with Crippen molar-refractivity contribution in [2.24, 2.45) is 11.3 Å². The molecule has 2 saturated carbocycles. The zero-order chi connectivity index (χ0) is 25.2. The van der Waals surface area contributed by atoms with Gasteiger partial charge in [0.25, 0.3) is 0 Å². The van der Waals surface area contributed by atoms with E-state index in [0.29, 0.717) is 68.9 Å². The normalized spacial score (nSPS) is 25.3. The molecule has 0 radical (unpaired) electrons. The van der Waals surface area contributed by atoms with E-state index in [1.807, 2.05) is 21.6 Å². The van der Waals surface area contributed by atoms with Crippen LogP contribution in [-0.2, 0) is 17.9 Å². The van der Waals surface area contributed by atoms with E-state index in [-0.39, 0.29) is 24.8 Å². The molecule has 2 aliphatic heterocycles. The number of hydrogen-bond acceptors (Lipinski definition) is 6. The lowest BCUT2D eigenvalue weighted by Crippen LogP contribution is -2.51. The third-order valence-corrected chi connectivity index (χ3v) is 8.26. The minimum absolute atomic E-state index is 0.0839.